The van der Waals surface area contributed by atoms with Crippen LogP contribution in [0.25, 0.3) is 0 Å². The average Bonchev–Trinajstić information content (AvgIpc) is 2.63. The third-order valence-electron chi connectivity index (χ3n) is 2.24. The van der Waals surface area contributed by atoms with Crippen molar-refractivity contribution in [2.24, 2.45) is 0 Å². The fraction of sp³-hybridized carbons (Fsp3) is 0.875. The van der Waals surface area contributed by atoms with Crippen LogP contribution in [0.15, 0.2) is 0 Å². The Hall–Kier alpha value is -0.810. The van der Waals surface area contributed by atoms with E-state index in [0.29, 0.717) is 19.8 Å². The largest absolute Gasteiger partial charge is 0.453 e. The van der Waals surface area contributed by atoms with Crippen LogP contribution in [0.1, 0.15) is 6.42 Å². The quantitative estimate of drug-likeness (QED) is 0.686. The lowest BCUT2D eigenvalue weighted by molar-refractivity contribution is -0.0152. The Morgan fingerprint density at radius 3 is 2.85 bits per heavy atom. The van der Waals surface area contributed by atoms with Gasteiger partial charge in [0.15, 0.2) is 0 Å². The first-order valence-electron chi connectivity index (χ1n) is 4.17. The third kappa shape index (κ3) is 2.57. The number of alkyl carbamates (subject to hydrolysis) is 1. The molecule has 1 aliphatic rings. The van der Waals surface area contributed by atoms with E-state index < -0.39 is 6.09 Å². The monoisotopic (exact) mass is 189 g/mol. The maximum atomic E-state index is 10.8. The van der Waals surface area contributed by atoms with Gasteiger partial charge in [0.25, 0.3) is 0 Å². The van der Waals surface area contributed by atoms with Crippen molar-refractivity contribution in [3.63, 3.8) is 0 Å². The summed E-state index contributed by atoms with van der Waals surface area (Å²) in [5, 5.41) is 2.60. The van der Waals surface area contributed by atoms with Gasteiger partial charge in [0.05, 0.1) is 20.3 Å². The zero-order valence-corrected chi connectivity index (χ0v) is 7.96. The minimum Gasteiger partial charge on any atom is -0.453 e. The van der Waals surface area contributed by atoms with Crippen LogP contribution in [0.3, 0.4) is 0 Å². The number of hydrogen-bond acceptors (Lipinski definition) is 4. The molecular weight excluding hydrogens is 174 g/mol. The fourth-order valence-electron chi connectivity index (χ4n) is 1.27. The Balaban J connectivity index is 2.35. The van der Waals surface area contributed by atoms with Crippen LogP contribution in [-0.4, -0.2) is 45.7 Å². The van der Waals surface area contributed by atoms with Crippen LogP contribution in [0, 0.1) is 0 Å². The molecule has 1 aliphatic heterocycles. The molecule has 0 spiro atoms. The molecule has 0 radical (unpaired) electrons. The number of hydrogen-bond donors (Lipinski definition) is 1. The second-order valence-corrected chi connectivity index (χ2v) is 3.03. The van der Waals surface area contributed by atoms with Crippen LogP contribution in [0.2, 0.25) is 0 Å². The molecule has 76 valence electrons. The second kappa shape index (κ2) is 4.43. The van der Waals surface area contributed by atoms with Gasteiger partial charge in [-0.1, -0.05) is 0 Å². The summed E-state index contributed by atoms with van der Waals surface area (Å²) >= 11 is 0. The molecular formula is C8H15NO4. The summed E-state index contributed by atoms with van der Waals surface area (Å²) in [5.74, 6) is 0. The molecule has 1 unspecified atom stereocenters. The summed E-state index contributed by atoms with van der Waals surface area (Å²) in [6.45, 7) is 1.63. The number of methoxy groups -OCH3 is 2. The van der Waals surface area contributed by atoms with Crippen molar-refractivity contribution in [1.29, 1.82) is 0 Å². The zero-order valence-electron chi connectivity index (χ0n) is 7.96. The van der Waals surface area contributed by atoms with Crippen molar-refractivity contribution >= 4 is 6.09 Å². The number of amides is 1. The molecule has 1 saturated heterocycles. The number of nitrogens with one attached hydrogen (secondary N) is 1. The summed E-state index contributed by atoms with van der Waals surface area (Å²) < 4.78 is 15.0. The van der Waals surface area contributed by atoms with Crippen molar-refractivity contribution in [1.82, 2.24) is 5.32 Å². The zero-order chi connectivity index (χ0) is 9.73. The molecule has 0 bridgehead atoms. The van der Waals surface area contributed by atoms with Gasteiger partial charge >= 0.3 is 6.09 Å². The summed E-state index contributed by atoms with van der Waals surface area (Å²) in [6.07, 6.45) is 0.358. The smallest absolute Gasteiger partial charge is 0.406 e. The van der Waals surface area contributed by atoms with E-state index in [1.54, 1.807) is 7.11 Å². The van der Waals surface area contributed by atoms with E-state index in [2.05, 4.69) is 10.1 Å². The Kier molecular flexibility index (Phi) is 3.50. The van der Waals surface area contributed by atoms with Crippen LogP contribution in [0.4, 0.5) is 4.79 Å². The van der Waals surface area contributed by atoms with E-state index >= 15 is 0 Å². The summed E-state index contributed by atoms with van der Waals surface area (Å²) in [4.78, 5) is 10.8. The lowest BCUT2D eigenvalue weighted by Crippen LogP contribution is -2.44. The SMILES string of the molecule is COC(=O)NCC1(OC)CCOC1. The van der Waals surface area contributed by atoms with E-state index in [-0.39, 0.29) is 5.60 Å². The van der Waals surface area contributed by atoms with Crippen molar-refractivity contribution in [3.05, 3.63) is 0 Å². The maximum Gasteiger partial charge on any atom is 0.406 e. The van der Waals surface area contributed by atoms with Crippen LogP contribution in [0.5, 0.6) is 0 Å². The average molecular weight is 189 g/mol. The molecule has 0 saturated carbocycles. The molecule has 0 aromatic carbocycles. The molecule has 1 amide bonds. The highest BCUT2D eigenvalue weighted by Crippen LogP contribution is 2.21. The summed E-state index contributed by atoms with van der Waals surface area (Å²) in [6, 6.07) is 0. The highest BCUT2D eigenvalue weighted by Gasteiger charge is 2.35. The molecule has 0 aromatic heterocycles. The minimum absolute atomic E-state index is 0.367. The van der Waals surface area contributed by atoms with Gasteiger partial charge in [0.1, 0.15) is 5.60 Å². The lowest BCUT2D eigenvalue weighted by atomic mass is 10.0. The highest BCUT2D eigenvalue weighted by molar-refractivity contribution is 5.66. The lowest BCUT2D eigenvalue weighted by Gasteiger charge is -2.25. The van der Waals surface area contributed by atoms with Gasteiger partial charge < -0.3 is 19.5 Å². The molecule has 1 rings (SSSR count). The van der Waals surface area contributed by atoms with Crippen molar-refractivity contribution < 1.29 is 19.0 Å². The van der Waals surface area contributed by atoms with Crippen LogP contribution >= 0.6 is 0 Å². The summed E-state index contributed by atoms with van der Waals surface area (Å²) in [7, 11) is 2.95. The van der Waals surface area contributed by atoms with Gasteiger partial charge in [-0.3, -0.25) is 0 Å². The molecule has 5 nitrogen and oxygen atoms in total. The predicted octanol–water partition coefficient (Wildman–Crippen LogP) is 0.148. The highest BCUT2D eigenvalue weighted by atomic mass is 16.6. The molecule has 0 aromatic rings. The van der Waals surface area contributed by atoms with Gasteiger partial charge in [-0.05, 0) is 0 Å². The second-order valence-electron chi connectivity index (χ2n) is 3.03. The Labute approximate surface area is 77.3 Å². The van der Waals surface area contributed by atoms with Crippen LogP contribution in [-0.2, 0) is 14.2 Å². The molecule has 13 heavy (non-hydrogen) atoms. The number of ether oxygens (including phenoxy) is 3. The van der Waals surface area contributed by atoms with E-state index in [1.807, 2.05) is 0 Å². The summed E-state index contributed by atoms with van der Waals surface area (Å²) in [5.41, 5.74) is -0.367. The third-order valence-corrected chi connectivity index (χ3v) is 2.24. The maximum absolute atomic E-state index is 10.8. The normalized spacial score (nSPS) is 27.2. The molecule has 0 aliphatic carbocycles. The number of carbonyl (C=O) groups is 1. The Morgan fingerprint density at radius 1 is 1.62 bits per heavy atom. The standard InChI is InChI=1S/C8H15NO4/c1-11-7(10)9-5-8(12-2)3-4-13-6-8/h3-6H2,1-2H3,(H,9,10). The molecule has 1 fully saturated rings. The Morgan fingerprint density at radius 2 is 2.38 bits per heavy atom. The molecule has 1 atom stereocenters. The molecule has 5 heteroatoms. The van der Waals surface area contributed by atoms with E-state index in [4.69, 9.17) is 9.47 Å². The van der Waals surface area contributed by atoms with Gasteiger partial charge in [0.2, 0.25) is 0 Å². The first kappa shape index (κ1) is 10.3. The molecule has 1 N–H and O–H groups in total. The number of rotatable bonds is 3. The predicted molar refractivity (Wildman–Crippen MR) is 45.6 cm³/mol. The van der Waals surface area contributed by atoms with Gasteiger partial charge in [-0.15, -0.1) is 0 Å². The van der Waals surface area contributed by atoms with Gasteiger partial charge in [-0.2, -0.15) is 0 Å². The fourth-order valence-corrected chi connectivity index (χ4v) is 1.27. The minimum atomic E-state index is -0.441. The van der Waals surface area contributed by atoms with Crippen molar-refractivity contribution in [3.8, 4) is 0 Å². The van der Waals surface area contributed by atoms with E-state index in [9.17, 15) is 4.79 Å². The first-order valence-corrected chi connectivity index (χ1v) is 4.17. The van der Waals surface area contributed by atoms with E-state index in [0.717, 1.165) is 6.42 Å². The van der Waals surface area contributed by atoms with Gasteiger partial charge in [-0.25, -0.2) is 4.79 Å². The number of carbonyl (C=O) groups excluding carboxylic acids is 1. The van der Waals surface area contributed by atoms with Crippen molar-refractivity contribution in [2.75, 3.05) is 34.0 Å². The first-order chi connectivity index (χ1) is 6.22. The molecule has 1 heterocycles. The van der Waals surface area contributed by atoms with Gasteiger partial charge in [0, 0.05) is 20.1 Å². The van der Waals surface area contributed by atoms with Crippen LogP contribution < -0.4 is 5.32 Å². The van der Waals surface area contributed by atoms with E-state index in [1.165, 1.54) is 7.11 Å². The Bertz CT molecular complexity index is 177. The van der Waals surface area contributed by atoms with Crippen molar-refractivity contribution in [2.45, 2.75) is 12.0 Å². The topological polar surface area (TPSA) is 56.8 Å².